The van der Waals surface area contributed by atoms with Crippen LogP contribution in [-0.4, -0.2) is 44.9 Å². The molecule has 0 amide bonds. The van der Waals surface area contributed by atoms with E-state index in [9.17, 15) is 9.59 Å². The molecule has 206 valence electrons. The van der Waals surface area contributed by atoms with Gasteiger partial charge in [0.1, 0.15) is 11.5 Å². The zero-order chi connectivity index (χ0) is 27.9. The van der Waals surface area contributed by atoms with Gasteiger partial charge in [0.15, 0.2) is 0 Å². The van der Waals surface area contributed by atoms with Crippen LogP contribution in [0.2, 0.25) is 0 Å². The monoisotopic (exact) mass is 531 g/mol. The highest BCUT2D eigenvalue weighted by molar-refractivity contribution is 5.89. The Hall–Kier alpha value is -4.13. The lowest BCUT2D eigenvalue weighted by molar-refractivity contribution is -0.140. The van der Waals surface area contributed by atoms with Crippen LogP contribution in [0.3, 0.4) is 0 Å². The van der Waals surface area contributed by atoms with Crippen molar-refractivity contribution in [3.63, 3.8) is 0 Å². The Morgan fingerprint density at radius 1 is 0.821 bits per heavy atom. The van der Waals surface area contributed by atoms with Gasteiger partial charge in [-0.1, -0.05) is 36.4 Å². The molecule has 0 saturated heterocycles. The van der Waals surface area contributed by atoms with Crippen molar-refractivity contribution in [1.29, 1.82) is 0 Å². The van der Waals surface area contributed by atoms with Gasteiger partial charge in [0.05, 0.1) is 45.6 Å². The molecule has 1 heterocycles. The van der Waals surface area contributed by atoms with Gasteiger partial charge in [-0.3, -0.25) is 9.78 Å². The molecule has 39 heavy (non-hydrogen) atoms. The van der Waals surface area contributed by atoms with E-state index in [1.807, 2.05) is 48.5 Å². The van der Waals surface area contributed by atoms with Gasteiger partial charge >= 0.3 is 11.9 Å². The Morgan fingerprint density at radius 3 is 2.28 bits per heavy atom. The van der Waals surface area contributed by atoms with Crippen molar-refractivity contribution in [2.24, 2.45) is 0 Å². The molecular weight excluding hydrogens is 494 g/mol. The molecule has 0 bridgehead atoms. The third-order valence-electron chi connectivity index (χ3n) is 6.28. The van der Waals surface area contributed by atoms with Crippen LogP contribution in [0.4, 0.5) is 0 Å². The van der Waals surface area contributed by atoms with Crippen molar-refractivity contribution in [3.05, 3.63) is 94.8 Å². The molecule has 0 aliphatic rings. The molecule has 3 rings (SSSR count). The summed E-state index contributed by atoms with van der Waals surface area (Å²) in [4.78, 5) is 28.2. The van der Waals surface area contributed by atoms with Crippen molar-refractivity contribution in [2.45, 2.75) is 44.9 Å². The standard InChI is InChI=1S/C32H37NO6/c1-36-28-18-12-24(13-19-28)8-6-4-5-7-23-39-30-21-17-27(33-29(30)20-22-31(34)37-2)16-11-25-9-14-26(15-10-25)32(35)38-3/h6,8-10,12-15,17-19,21H,4-5,7,11,16,20,22-23H2,1-3H3/b8-6+. The number of rotatable bonds is 15. The fourth-order valence-electron chi connectivity index (χ4n) is 3.98. The predicted molar refractivity (Wildman–Crippen MR) is 151 cm³/mol. The first kappa shape index (κ1) is 29.4. The first-order valence-electron chi connectivity index (χ1n) is 13.2. The van der Waals surface area contributed by atoms with Crippen molar-refractivity contribution in [1.82, 2.24) is 4.98 Å². The Kier molecular flexibility index (Phi) is 12.0. The van der Waals surface area contributed by atoms with E-state index in [-0.39, 0.29) is 18.4 Å². The summed E-state index contributed by atoms with van der Waals surface area (Å²) in [5.74, 6) is 0.935. The molecule has 0 radical (unpaired) electrons. The van der Waals surface area contributed by atoms with Gasteiger partial charge in [-0.05, 0) is 79.6 Å². The third-order valence-corrected chi connectivity index (χ3v) is 6.28. The maximum atomic E-state index is 11.7. The molecule has 0 N–H and O–H groups in total. The lowest BCUT2D eigenvalue weighted by atomic mass is 10.1. The fourth-order valence-corrected chi connectivity index (χ4v) is 3.98. The van der Waals surface area contributed by atoms with E-state index in [1.165, 1.54) is 14.2 Å². The minimum Gasteiger partial charge on any atom is -0.497 e. The average molecular weight is 532 g/mol. The second kappa shape index (κ2) is 16.0. The topological polar surface area (TPSA) is 84.0 Å². The molecule has 0 spiro atoms. The second-order valence-corrected chi connectivity index (χ2v) is 9.03. The van der Waals surface area contributed by atoms with Crippen LogP contribution >= 0.6 is 0 Å². The van der Waals surface area contributed by atoms with E-state index in [0.717, 1.165) is 60.4 Å². The van der Waals surface area contributed by atoms with Crippen molar-refractivity contribution in [2.75, 3.05) is 27.9 Å². The number of hydrogen-bond donors (Lipinski definition) is 0. The smallest absolute Gasteiger partial charge is 0.337 e. The third kappa shape index (κ3) is 9.93. The number of ether oxygens (including phenoxy) is 4. The highest BCUT2D eigenvalue weighted by Crippen LogP contribution is 2.21. The van der Waals surface area contributed by atoms with Crippen LogP contribution < -0.4 is 9.47 Å². The molecule has 1 aromatic heterocycles. The lowest BCUT2D eigenvalue weighted by Crippen LogP contribution is -2.08. The number of pyridine rings is 1. The summed E-state index contributed by atoms with van der Waals surface area (Å²) in [5, 5.41) is 0. The molecule has 0 saturated carbocycles. The number of aromatic nitrogens is 1. The van der Waals surface area contributed by atoms with Gasteiger partial charge in [-0.25, -0.2) is 4.79 Å². The largest absolute Gasteiger partial charge is 0.497 e. The number of methoxy groups -OCH3 is 3. The highest BCUT2D eigenvalue weighted by atomic mass is 16.5. The van der Waals surface area contributed by atoms with E-state index in [0.29, 0.717) is 24.3 Å². The van der Waals surface area contributed by atoms with Crippen molar-refractivity contribution in [3.8, 4) is 11.5 Å². The van der Waals surface area contributed by atoms with Crippen LogP contribution in [0.5, 0.6) is 11.5 Å². The molecule has 0 aliphatic carbocycles. The first-order valence-corrected chi connectivity index (χ1v) is 13.2. The molecule has 2 aromatic carbocycles. The Morgan fingerprint density at radius 2 is 1.59 bits per heavy atom. The lowest BCUT2D eigenvalue weighted by Gasteiger charge is -2.12. The normalized spacial score (nSPS) is 10.8. The Labute approximate surface area is 230 Å². The molecule has 0 atom stereocenters. The zero-order valence-electron chi connectivity index (χ0n) is 23.0. The summed E-state index contributed by atoms with van der Waals surface area (Å²) < 4.78 is 20.8. The number of unbranched alkanes of at least 4 members (excludes halogenated alkanes) is 2. The fraction of sp³-hybridized carbons (Fsp3) is 0.344. The molecule has 0 unspecified atom stereocenters. The Balaban J connectivity index is 1.51. The van der Waals surface area contributed by atoms with Gasteiger partial charge in [-0.15, -0.1) is 0 Å². The number of carbonyl (C=O) groups is 2. The van der Waals surface area contributed by atoms with E-state index in [2.05, 4.69) is 12.2 Å². The number of carbonyl (C=O) groups excluding carboxylic acids is 2. The van der Waals surface area contributed by atoms with Crippen LogP contribution in [0.15, 0.2) is 66.7 Å². The van der Waals surface area contributed by atoms with Crippen LogP contribution in [0.1, 0.15) is 58.6 Å². The van der Waals surface area contributed by atoms with E-state index < -0.39 is 0 Å². The van der Waals surface area contributed by atoms with E-state index >= 15 is 0 Å². The molecular formula is C32H37NO6. The minimum atomic E-state index is -0.348. The molecule has 3 aromatic rings. The number of aryl methyl sites for hydroxylation is 3. The average Bonchev–Trinajstić information content (AvgIpc) is 2.99. The number of nitrogens with zero attached hydrogens (tertiary/aromatic N) is 1. The van der Waals surface area contributed by atoms with Gasteiger partial charge in [-0.2, -0.15) is 0 Å². The zero-order valence-corrected chi connectivity index (χ0v) is 23.0. The Bertz CT molecular complexity index is 1220. The number of allylic oxidation sites excluding steroid dienone is 1. The van der Waals surface area contributed by atoms with Crippen molar-refractivity contribution >= 4 is 18.0 Å². The summed E-state index contributed by atoms with van der Waals surface area (Å²) in [7, 11) is 4.42. The van der Waals surface area contributed by atoms with E-state index in [4.69, 9.17) is 23.9 Å². The van der Waals surface area contributed by atoms with Gasteiger partial charge < -0.3 is 18.9 Å². The molecule has 7 heteroatoms. The highest BCUT2D eigenvalue weighted by Gasteiger charge is 2.11. The molecule has 0 aliphatic heterocycles. The number of benzene rings is 2. The maximum Gasteiger partial charge on any atom is 0.337 e. The summed E-state index contributed by atoms with van der Waals surface area (Å²) in [6.07, 6.45) is 9.35. The first-order chi connectivity index (χ1) is 19.0. The SMILES string of the molecule is COC(=O)CCc1nc(CCc2ccc(C(=O)OC)cc2)ccc1OCCCC/C=C/c1ccc(OC)cc1. The minimum absolute atomic E-state index is 0.245. The summed E-state index contributed by atoms with van der Waals surface area (Å²) in [6.45, 7) is 0.579. The van der Waals surface area contributed by atoms with Gasteiger partial charge in [0, 0.05) is 12.1 Å². The summed E-state index contributed by atoms with van der Waals surface area (Å²) >= 11 is 0. The van der Waals surface area contributed by atoms with Crippen LogP contribution in [0.25, 0.3) is 6.08 Å². The summed E-state index contributed by atoms with van der Waals surface area (Å²) in [6, 6.07) is 19.3. The van der Waals surface area contributed by atoms with Crippen LogP contribution in [-0.2, 0) is 33.5 Å². The molecule has 7 nitrogen and oxygen atoms in total. The maximum absolute atomic E-state index is 11.7. The van der Waals surface area contributed by atoms with E-state index in [1.54, 1.807) is 19.2 Å². The predicted octanol–water partition coefficient (Wildman–Crippen LogP) is 6.03. The van der Waals surface area contributed by atoms with Crippen LogP contribution in [0, 0.1) is 0 Å². The van der Waals surface area contributed by atoms with Gasteiger partial charge in [0.2, 0.25) is 0 Å². The summed E-state index contributed by atoms with van der Waals surface area (Å²) in [5.41, 5.74) is 4.45. The quantitative estimate of drug-likeness (QED) is 0.175. The molecule has 0 fully saturated rings. The number of esters is 2. The van der Waals surface area contributed by atoms with Crippen molar-refractivity contribution < 1.29 is 28.5 Å². The second-order valence-electron chi connectivity index (χ2n) is 9.03. The van der Waals surface area contributed by atoms with Gasteiger partial charge in [0.25, 0.3) is 0 Å². The number of hydrogen-bond acceptors (Lipinski definition) is 7.